The summed E-state index contributed by atoms with van der Waals surface area (Å²) in [6, 6.07) is 3.74. The first-order valence-corrected chi connectivity index (χ1v) is 3.81. The molecule has 1 rings (SSSR count). The highest BCUT2D eigenvalue weighted by Gasteiger charge is 2.08. The molecular formula is C9H9NO4. The molecule has 1 aromatic carbocycles. The Morgan fingerprint density at radius 2 is 1.71 bits per heavy atom. The number of aromatic hydroxyl groups is 2. The molecule has 14 heavy (non-hydrogen) atoms. The van der Waals surface area contributed by atoms with Crippen LogP contribution in [-0.2, 0) is 11.2 Å². The molecule has 0 radical (unpaired) electrons. The van der Waals surface area contributed by atoms with E-state index in [0.29, 0.717) is 5.56 Å². The molecule has 0 aromatic heterocycles. The summed E-state index contributed by atoms with van der Waals surface area (Å²) in [5, 5.41) is 33.6. The lowest BCUT2D eigenvalue weighted by Gasteiger charge is -2.01. The summed E-state index contributed by atoms with van der Waals surface area (Å²) in [5.74, 6) is -1.62. The number of rotatable bonds is 3. The van der Waals surface area contributed by atoms with Crippen molar-refractivity contribution >= 4 is 11.7 Å². The van der Waals surface area contributed by atoms with E-state index in [9.17, 15) is 4.79 Å². The van der Waals surface area contributed by atoms with Gasteiger partial charge in [-0.1, -0.05) is 0 Å². The number of hydrogen-bond acceptors (Lipinski definition) is 4. The van der Waals surface area contributed by atoms with E-state index in [2.05, 4.69) is 0 Å². The van der Waals surface area contributed by atoms with Gasteiger partial charge in [0, 0.05) is 12.5 Å². The van der Waals surface area contributed by atoms with E-state index in [1.807, 2.05) is 0 Å². The first-order chi connectivity index (χ1) is 6.49. The van der Waals surface area contributed by atoms with Crippen molar-refractivity contribution in [3.63, 3.8) is 0 Å². The van der Waals surface area contributed by atoms with Gasteiger partial charge < -0.3 is 15.3 Å². The van der Waals surface area contributed by atoms with Crippen molar-refractivity contribution in [3.05, 3.63) is 23.8 Å². The van der Waals surface area contributed by atoms with E-state index >= 15 is 0 Å². The van der Waals surface area contributed by atoms with Crippen molar-refractivity contribution in [1.82, 2.24) is 0 Å². The number of nitrogens with one attached hydrogen (secondary N) is 1. The Kier molecular flexibility index (Phi) is 2.71. The van der Waals surface area contributed by atoms with Gasteiger partial charge in [0.05, 0.1) is 0 Å². The summed E-state index contributed by atoms with van der Waals surface area (Å²) in [6.07, 6.45) is -0.128. The molecule has 0 amide bonds. The summed E-state index contributed by atoms with van der Waals surface area (Å²) in [5.41, 5.74) is -0.107. The minimum Gasteiger partial charge on any atom is -0.508 e. The molecule has 0 aliphatic heterocycles. The van der Waals surface area contributed by atoms with Gasteiger partial charge in [-0.25, -0.2) is 4.79 Å². The highest BCUT2D eigenvalue weighted by molar-refractivity contribution is 6.34. The molecule has 0 spiro atoms. The third-order valence-corrected chi connectivity index (χ3v) is 1.60. The summed E-state index contributed by atoms with van der Waals surface area (Å²) in [4.78, 5) is 10.3. The van der Waals surface area contributed by atoms with Gasteiger partial charge in [-0.3, -0.25) is 5.41 Å². The number of phenols is 2. The predicted molar refractivity (Wildman–Crippen MR) is 48.8 cm³/mol. The van der Waals surface area contributed by atoms with Crippen LogP contribution in [0.3, 0.4) is 0 Å². The quantitative estimate of drug-likeness (QED) is 0.534. The number of aliphatic carboxylic acids is 1. The summed E-state index contributed by atoms with van der Waals surface area (Å²) in [7, 11) is 0. The van der Waals surface area contributed by atoms with Gasteiger partial charge >= 0.3 is 5.97 Å². The Bertz CT molecular complexity index is 366. The lowest BCUT2D eigenvalue weighted by molar-refractivity contribution is -0.129. The van der Waals surface area contributed by atoms with E-state index in [0.717, 1.165) is 6.07 Å². The second-order valence-corrected chi connectivity index (χ2v) is 2.82. The van der Waals surface area contributed by atoms with E-state index in [1.165, 1.54) is 12.1 Å². The number of hydrogen-bond donors (Lipinski definition) is 4. The fourth-order valence-electron chi connectivity index (χ4n) is 1.04. The first-order valence-electron chi connectivity index (χ1n) is 3.81. The zero-order chi connectivity index (χ0) is 10.7. The number of carbonyl (C=O) groups is 1. The predicted octanol–water partition coefficient (Wildman–Crippen LogP) is 0.745. The Balaban J connectivity index is 2.87. The van der Waals surface area contributed by atoms with E-state index < -0.39 is 11.7 Å². The van der Waals surface area contributed by atoms with Crippen LogP contribution < -0.4 is 0 Å². The Morgan fingerprint density at radius 1 is 1.21 bits per heavy atom. The molecular weight excluding hydrogens is 186 g/mol. The largest absolute Gasteiger partial charge is 0.508 e. The zero-order valence-electron chi connectivity index (χ0n) is 7.19. The van der Waals surface area contributed by atoms with Crippen LogP contribution in [0, 0.1) is 5.41 Å². The molecule has 4 N–H and O–H groups in total. The van der Waals surface area contributed by atoms with Crippen molar-refractivity contribution in [3.8, 4) is 11.5 Å². The Labute approximate surface area is 79.8 Å². The van der Waals surface area contributed by atoms with Gasteiger partial charge in [0.1, 0.15) is 17.2 Å². The monoisotopic (exact) mass is 195 g/mol. The Hall–Kier alpha value is -2.04. The van der Waals surface area contributed by atoms with Crippen molar-refractivity contribution in [2.75, 3.05) is 0 Å². The fourth-order valence-corrected chi connectivity index (χ4v) is 1.04. The second kappa shape index (κ2) is 3.78. The van der Waals surface area contributed by atoms with Crippen LogP contribution in [0.4, 0.5) is 0 Å². The SMILES string of the molecule is N=C(Cc1cc(O)cc(O)c1)C(=O)O. The molecule has 0 aliphatic carbocycles. The van der Waals surface area contributed by atoms with Crippen molar-refractivity contribution in [2.24, 2.45) is 0 Å². The topological polar surface area (TPSA) is 102 Å². The highest BCUT2D eigenvalue weighted by Crippen LogP contribution is 2.20. The number of carboxylic acid groups (broad SMARTS) is 1. The van der Waals surface area contributed by atoms with Crippen molar-refractivity contribution < 1.29 is 20.1 Å². The van der Waals surface area contributed by atoms with E-state index in [4.69, 9.17) is 20.7 Å². The zero-order valence-corrected chi connectivity index (χ0v) is 7.19. The third kappa shape index (κ3) is 2.48. The fraction of sp³-hybridized carbons (Fsp3) is 0.111. The first kappa shape index (κ1) is 10.0. The van der Waals surface area contributed by atoms with Crippen LogP contribution >= 0.6 is 0 Å². The van der Waals surface area contributed by atoms with Gasteiger partial charge in [-0.2, -0.15) is 0 Å². The van der Waals surface area contributed by atoms with Crippen LogP contribution in [0.1, 0.15) is 5.56 Å². The lowest BCUT2D eigenvalue weighted by Crippen LogP contribution is -2.14. The lowest BCUT2D eigenvalue weighted by atomic mass is 10.1. The van der Waals surface area contributed by atoms with Gasteiger partial charge in [-0.15, -0.1) is 0 Å². The smallest absolute Gasteiger partial charge is 0.349 e. The molecule has 0 bridgehead atoms. The highest BCUT2D eigenvalue weighted by atomic mass is 16.4. The van der Waals surface area contributed by atoms with E-state index in [1.54, 1.807) is 0 Å². The second-order valence-electron chi connectivity index (χ2n) is 2.82. The standard InChI is InChI=1S/C9H9NO4/c10-8(9(13)14)3-5-1-6(11)4-7(12)2-5/h1-2,4,10-12H,3H2,(H,13,14). The van der Waals surface area contributed by atoms with Crippen LogP contribution in [0.2, 0.25) is 0 Å². The summed E-state index contributed by atoms with van der Waals surface area (Å²) >= 11 is 0. The number of benzene rings is 1. The molecule has 5 heteroatoms. The molecule has 0 saturated heterocycles. The molecule has 0 unspecified atom stereocenters. The van der Waals surface area contributed by atoms with E-state index in [-0.39, 0.29) is 17.9 Å². The van der Waals surface area contributed by atoms with Crippen LogP contribution in [0.5, 0.6) is 11.5 Å². The summed E-state index contributed by atoms with van der Waals surface area (Å²) in [6.45, 7) is 0. The molecule has 5 nitrogen and oxygen atoms in total. The normalized spacial score (nSPS) is 9.71. The van der Waals surface area contributed by atoms with Crippen LogP contribution in [0.25, 0.3) is 0 Å². The minimum absolute atomic E-state index is 0.128. The van der Waals surface area contributed by atoms with Gasteiger partial charge in [0.15, 0.2) is 0 Å². The van der Waals surface area contributed by atoms with Gasteiger partial charge in [0.2, 0.25) is 0 Å². The molecule has 0 saturated carbocycles. The van der Waals surface area contributed by atoms with Crippen molar-refractivity contribution in [1.29, 1.82) is 5.41 Å². The average molecular weight is 195 g/mol. The van der Waals surface area contributed by atoms with Crippen LogP contribution in [0.15, 0.2) is 18.2 Å². The third-order valence-electron chi connectivity index (χ3n) is 1.60. The minimum atomic E-state index is -1.31. The molecule has 0 fully saturated rings. The van der Waals surface area contributed by atoms with Gasteiger partial charge in [-0.05, 0) is 17.7 Å². The Morgan fingerprint density at radius 3 is 2.14 bits per heavy atom. The maximum Gasteiger partial charge on any atom is 0.349 e. The number of carboxylic acids is 1. The molecule has 0 aliphatic rings. The van der Waals surface area contributed by atoms with Gasteiger partial charge in [0.25, 0.3) is 0 Å². The molecule has 0 atom stereocenters. The molecule has 1 aromatic rings. The van der Waals surface area contributed by atoms with Crippen LogP contribution in [-0.4, -0.2) is 27.0 Å². The molecule has 0 heterocycles. The average Bonchev–Trinajstić information content (AvgIpc) is 2.01. The van der Waals surface area contributed by atoms with Crippen molar-refractivity contribution in [2.45, 2.75) is 6.42 Å². The molecule has 74 valence electrons. The maximum atomic E-state index is 10.3. The number of phenolic OH excluding ortho intramolecular Hbond substituents is 2. The summed E-state index contributed by atoms with van der Waals surface area (Å²) < 4.78 is 0. The maximum absolute atomic E-state index is 10.3.